The predicted octanol–water partition coefficient (Wildman–Crippen LogP) is 2.87. The molecule has 0 aromatic heterocycles. The van der Waals surface area contributed by atoms with E-state index in [9.17, 15) is 5.11 Å². The molecule has 0 amide bonds. The lowest BCUT2D eigenvalue weighted by Crippen LogP contribution is -2.44. The molecule has 3 fully saturated rings. The monoisotopic (exact) mass is 257 g/mol. The molecule has 2 aliphatic heterocycles. The molecule has 19 heavy (non-hydrogen) atoms. The molecule has 1 aromatic carbocycles. The fourth-order valence-electron chi connectivity index (χ4n) is 4.14. The van der Waals surface area contributed by atoms with Gasteiger partial charge in [0.15, 0.2) is 0 Å². The Bertz CT molecular complexity index is 482. The van der Waals surface area contributed by atoms with Crippen molar-refractivity contribution in [1.29, 1.82) is 0 Å². The molecule has 1 saturated carbocycles. The van der Waals surface area contributed by atoms with Gasteiger partial charge in [-0.15, -0.1) is 0 Å². The molecular weight excluding hydrogens is 234 g/mol. The second kappa shape index (κ2) is 4.32. The van der Waals surface area contributed by atoms with E-state index in [-0.39, 0.29) is 0 Å². The van der Waals surface area contributed by atoms with Crippen LogP contribution in [0.25, 0.3) is 0 Å². The lowest BCUT2D eigenvalue weighted by molar-refractivity contribution is -0.0503. The van der Waals surface area contributed by atoms with E-state index in [0.29, 0.717) is 5.92 Å². The summed E-state index contributed by atoms with van der Waals surface area (Å²) in [5, 5.41) is 11.2. The summed E-state index contributed by atoms with van der Waals surface area (Å²) in [6.45, 7) is 3.32. The third-order valence-corrected chi connectivity index (χ3v) is 5.72. The smallest absolute Gasteiger partial charge is 0.0949 e. The van der Waals surface area contributed by atoms with E-state index in [1.165, 1.54) is 36.9 Å². The quantitative estimate of drug-likeness (QED) is 0.880. The van der Waals surface area contributed by atoms with Gasteiger partial charge in [0.2, 0.25) is 0 Å². The first-order valence-electron chi connectivity index (χ1n) is 7.81. The summed E-state index contributed by atoms with van der Waals surface area (Å²) in [4.78, 5) is 2.49. The minimum absolute atomic E-state index is 0.442. The zero-order valence-electron chi connectivity index (χ0n) is 11.5. The molecule has 2 bridgehead atoms. The summed E-state index contributed by atoms with van der Waals surface area (Å²) in [6.07, 6.45) is 6.10. The molecule has 102 valence electrons. The Morgan fingerprint density at radius 1 is 1.16 bits per heavy atom. The molecule has 1 aliphatic carbocycles. The Kier molecular flexibility index (Phi) is 2.71. The zero-order valence-corrected chi connectivity index (χ0v) is 11.5. The van der Waals surface area contributed by atoms with Crippen molar-refractivity contribution in [3.05, 3.63) is 35.4 Å². The number of benzene rings is 1. The largest absolute Gasteiger partial charge is 0.385 e. The van der Waals surface area contributed by atoms with E-state index >= 15 is 0 Å². The summed E-state index contributed by atoms with van der Waals surface area (Å²) < 4.78 is 0. The van der Waals surface area contributed by atoms with Crippen LogP contribution >= 0.6 is 0 Å². The van der Waals surface area contributed by atoms with Gasteiger partial charge in [0, 0.05) is 19.0 Å². The number of hydrogen-bond donors (Lipinski definition) is 1. The Labute approximate surface area is 115 Å². The maximum atomic E-state index is 11.2. The SMILES string of the molecule is OC1(c2cccc(C3CCC3)c2)CCN2CCC1C2. The van der Waals surface area contributed by atoms with Crippen LogP contribution in [0.1, 0.15) is 49.1 Å². The highest BCUT2D eigenvalue weighted by atomic mass is 16.3. The van der Waals surface area contributed by atoms with Crippen LogP contribution in [0.2, 0.25) is 0 Å². The van der Waals surface area contributed by atoms with Crippen LogP contribution < -0.4 is 0 Å². The second-order valence-electron chi connectivity index (χ2n) is 6.71. The molecule has 3 unspecified atom stereocenters. The number of hydrogen-bond acceptors (Lipinski definition) is 2. The molecule has 2 saturated heterocycles. The number of rotatable bonds is 2. The van der Waals surface area contributed by atoms with Gasteiger partial charge in [0.1, 0.15) is 0 Å². The minimum Gasteiger partial charge on any atom is -0.385 e. The Morgan fingerprint density at radius 2 is 2.05 bits per heavy atom. The van der Waals surface area contributed by atoms with Crippen molar-refractivity contribution < 1.29 is 5.11 Å². The van der Waals surface area contributed by atoms with Gasteiger partial charge >= 0.3 is 0 Å². The molecule has 1 aromatic rings. The number of piperidine rings is 1. The maximum Gasteiger partial charge on any atom is 0.0949 e. The van der Waals surface area contributed by atoms with Crippen LogP contribution in [0.3, 0.4) is 0 Å². The van der Waals surface area contributed by atoms with Crippen molar-refractivity contribution in [1.82, 2.24) is 4.90 Å². The summed E-state index contributed by atoms with van der Waals surface area (Å²) in [6, 6.07) is 8.86. The third kappa shape index (κ3) is 1.85. The van der Waals surface area contributed by atoms with Crippen molar-refractivity contribution in [3.63, 3.8) is 0 Å². The Hall–Kier alpha value is -0.860. The summed E-state index contributed by atoms with van der Waals surface area (Å²) in [5.74, 6) is 1.20. The van der Waals surface area contributed by atoms with Crippen LogP contribution in [0.4, 0.5) is 0 Å². The highest BCUT2D eigenvalue weighted by molar-refractivity contribution is 5.32. The van der Waals surface area contributed by atoms with Gasteiger partial charge in [0.25, 0.3) is 0 Å². The van der Waals surface area contributed by atoms with Crippen LogP contribution in [0, 0.1) is 5.92 Å². The molecule has 1 N–H and O–H groups in total. The van der Waals surface area contributed by atoms with Crippen LogP contribution in [-0.2, 0) is 5.60 Å². The van der Waals surface area contributed by atoms with Crippen molar-refractivity contribution in [2.75, 3.05) is 19.6 Å². The Balaban J connectivity index is 1.66. The molecule has 3 aliphatic rings. The lowest BCUT2D eigenvalue weighted by atomic mass is 9.74. The van der Waals surface area contributed by atoms with Gasteiger partial charge in [-0.2, -0.15) is 0 Å². The predicted molar refractivity (Wildman–Crippen MR) is 76.1 cm³/mol. The fraction of sp³-hybridized carbons (Fsp3) is 0.647. The Morgan fingerprint density at radius 3 is 2.84 bits per heavy atom. The maximum absolute atomic E-state index is 11.2. The van der Waals surface area contributed by atoms with Crippen molar-refractivity contribution in [2.45, 2.75) is 43.6 Å². The van der Waals surface area contributed by atoms with E-state index in [4.69, 9.17) is 0 Å². The highest BCUT2D eigenvalue weighted by Gasteiger charge is 2.46. The summed E-state index contributed by atoms with van der Waals surface area (Å²) in [7, 11) is 0. The molecular formula is C17H23NO. The van der Waals surface area contributed by atoms with Gasteiger partial charge in [-0.1, -0.05) is 30.7 Å². The van der Waals surface area contributed by atoms with Crippen molar-refractivity contribution in [2.24, 2.45) is 5.92 Å². The molecule has 4 rings (SSSR count). The molecule has 0 radical (unpaired) electrons. The van der Waals surface area contributed by atoms with Gasteiger partial charge in [-0.05, 0) is 49.3 Å². The zero-order chi connectivity index (χ0) is 12.9. The molecule has 0 spiro atoms. The standard InChI is InChI=1S/C17H23NO/c19-17(8-10-18-9-7-16(17)12-18)15-6-2-5-14(11-15)13-3-1-4-13/h2,5-6,11,13,16,19H,1,3-4,7-10,12H2. The fourth-order valence-corrected chi connectivity index (χ4v) is 4.14. The van der Waals surface area contributed by atoms with E-state index in [1.54, 1.807) is 0 Å². The van der Waals surface area contributed by atoms with Crippen molar-refractivity contribution in [3.8, 4) is 0 Å². The van der Waals surface area contributed by atoms with Gasteiger partial charge < -0.3 is 10.0 Å². The van der Waals surface area contributed by atoms with E-state index in [1.807, 2.05) is 0 Å². The first-order valence-corrected chi connectivity index (χ1v) is 7.81. The average molecular weight is 257 g/mol. The van der Waals surface area contributed by atoms with Crippen LogP contribution in [0.5, 0.6) is 0 Å². The van der Waals surface area contributed by atoms with Crippen LogP contribution in [-0.4, -0.2) is 29.6 Å². The molecule has 2 nitrogen and oxygen atoms in total. The molecule has 3 atom stereocenters. The van der Waals surface area contributed by atoms with E-state index in [2.05, 4.69) is 29.2 Å². The van der Waals surface area contributed by atoms with E-state index < -0.39 is 5.60 Å². The average Bonchev–Trinajstić information content (AvgIpc) is 2.78. The lowest BCUT2D eigenvalue weighted by Gasteiger charge is -2.39. The highest BCUT2D eigenvalue weighted by Crippen LogP contribution is 2.44. The first-order chi connectivity index (χ1) is 9.25. The van der Waals surface area contributed by atoms with Gasteiger partial charge in [-0.3, -0.25) is 0 Å². The topological polar surface area (TPSA) is 23.5 Å². The molecule has 2 heteroatoms. The number of aliphatic hydroxyl groups is 1. The third-order valence-electron chi connectivity index (χ3n) is 5.72. The second-order valence-corrected chi connectivity index (χ2v) is 6.71. The molecule has 2 heterocycles. The van der Waals surface area contributed by atoms with Gasteiger partial charge in [0.05, 0.1) is 5.60 Å². The van der Waals surface area contributed by atoms with Gasteiger partial charge in [-0.25, -0.2) is 0 Å². The minimum atomic E-state index is -0.563. The number of fused-ring (bicyclic) bond motifs is 2. The first kappa shape index (κ1) is 11.9. The summed E-state index contributed by atoms with van der Waals surface area (Å²) in [5.41, 5.74) is 2.08. The normalized spacial score (nSPS) is 38.2. The van der Waals surface area contributed by atoms with Crippen LogP contribution in [0.15, 0.2) is 24.3 Å². The summed E-state index contributed by atoms with van der Waals surface area (Å²) >= 11 is 0. The number of nitrogens with zero attached hydrogens (tertiary/aromatic N) is 1. The van der Waals surface area contributed by atoms with E-state index in [0.717, 1.165) is 31.8 Å². The van der Waals surface area contributed by atoms with Crippen molar-refractivity contribution >= 4 is 0 Å².